The average Bonchev–Trinajstić information content (AvgIpc) is 2.01. The number of carbonyl (C=O) groups is 2. The first-order chi connectivity index (χ1) is 6.19. The third-order valence-corrected chi connectivity index (χ3v) is 2.02. The molecule has 1 heterocycles. The first-order valence-electron chi connectivity index (χ1n) is 4.12. The van der Waals surface area contributed by atoms with Crippen molar-refractivity contribution in [1.29, 1.82) is 0 Å². The van der Waals surface area contributed by atoms with Gasteiger partial charge in [-0.15, -0.1) is 0 Å². The molecule has 1 N–H and O–H groups in total. The van der Waals surface area contributed by atoms with Crippen LogP contribution in [-0.4, -0.2) is 36.9 Å². The van der Waals surface area contributed by atoms with Crippen molar-refractivity contribution in [1.82, 2.24) is 10.2 Å². The van der Waals surface area contributed by atoms with Crippen LogP contribution in [0.3, 0.4) is 0 Å². The van der Waals surface area contributed by atoms with Gasteiger partial charge in [-0.1, -0.05) is 5.92 Å². The van der Waals surface area contributed by atoms with Crippen LogP contribution in [0.5, 0.6) is 0 Å². The lowest BCUT2D eigenvalue weighted by Gasteiger charge is -2.36. The maximum atomic E-state index is 11.1. The molecule has 1 saturated heterocycles. The second kappa shape index (κ2) is 3.94. The molecule has 0 aliphatic carbocycles. The zero-order valence-electron chi connectivity index (χ0n) is 7.76. The Morgan fingerprint density at radius 3 is 2.54 bits per heavy atom. The summed E-state index contributed by atoms with van der Waals surface area (Å²) in [5.74, 6) is 4.72. The quantitative estimate of drug-likeness (QED) is 0.538. The van der Waals surface area contributed by atoms with Gasteiger partial charge in [0.1, 0.15) is 0 Å². The molecule has 0 unspecified atom stereocenters. The normalized spacial score (nSPS) is 15.4. The summed E-state index contributed by atoms with van der Waals surface area (Å²) in [4.78, 5) is 23.7. The molecule has 1 fully saturated rings. The molecule has 1 aliphatic rings. The maximum absolute atomic E-state index is 11.1. The Bertz CT molecular complexity index is 282. The summed E-state index contributed by atoms with van der Waals surface area (Å²) in [5.41, 5.74) is 0. The molecule has 0 aromatic heterocycles. The molecule has 4 nitrogen and oxygen atoms in total. The second-order valence-corrected chi connectivity index (χ2v) is 2.90. The van der Waals surface area contributed by atoms with Gasteiger partial charge in [0, 0.05) is 20.1 Å². The third-order valence-electron chi connectivity index (χ3n) is 2.02. The smallest absolute Gasteiger partial charge is 0.298 e. The lowest BCUT2D eigenvalue weighted by molar-refractivity contribution is -0.138. The van der Waals surface area contributed by atoms with Crippen molar-refractivity contribution in [3.63, 3.8) is 0 Å². The minimum atomic E-state index is -0.192. The monoisotopic (exact) mass is 180 g/mol. The van der Waals surface area contributed by atoms with Crippen molar-refractivity contribution >= 4 is 11.8 Å². The zero-order valence-corrected chi connectivity index (χ0v) is 7.76. The summed E-state index contributed by atoms with van der Waals surface area (Å²) in [5, 5.41) is 2.55. The lowest BCUT2D eigenvalue weighted by Crippen LogP contribution is -2.55. The SMILES string of the molecule is CC#CC(=O)N1CC(C(=O)NC)C1. The van der Waals surface area contributed by atoms with Crippen LogP contribution in [0.4, 0.5) is 0 Å². The number of nitrogens with zero attached hydrogens (tertiary/aromatic N) is 1. The van der Waals surface area contributed by atoms with Crippen molar-refractivity contribution in [2.24, 2.45) is 5.92 Å². The third kappa shape index (κ3) is 2.00. The van der Waals surface area contributed by atoms with E-state index in [2.05, 4.69) is 17.2 Å². The van der Waals surface area contributed by atoms with Crippen molar-refractivity contribution < 1.29 is 9.59 Å². The van der Waals surface area contributed by atoms with E-state index in [1.807, 2.05) is 0 Å². The summed E-state index contributed by atoms with van der Waals surface area (Å²) in [6.45, 7) is 2.61. The number of amides is 2. The number of likely N-dealkylation sites (tertiary alicyclic amines) is 1. The molecule has 4 heteroatoms. The van der Waals surface area contributed by atoms with Crippen LogP contribution in [0, 0.1) is 17.8 Å². The highest BCUT2D eigenvalue weighted by molar-refractivity contribution is 5.95. The molecule has 0 atom stereocenters. The van der Waals surface area contributed by atoms with Crippen LogP contribution in [0.15, 0.2) is 0 Å². The van der Waals surface area contributed by atoms with Gasteiger partial charge in [-0.25, -0.2) is 0 Å². The second-order valence-electron chi connectivity index (χ2n) is 2.90. The number of carbonyl (C=O) groups excluding carboxylic acids is 2. The van der Waals surface area contributed by atoms with Crippen molar-refractivity contribution in [3.05, 3.63) is 0 Å². The van der Waals surface area contributed by atoms with E-state index in [9.17, 15) is 9.59 Å². The van der Waals surface area contributed by atoms with Gasteiger partial charge in [-0.05, 0) is 12.8 Å². The van der Waals surface area contributed by atoms with Gasteiger partial charge in [0.2, 0.25) is 5.91 Å². The van der Waals surface area contributed by atoms with Crippen LogP contribution in [0.25, 0.3) is 0 Å². The molecule has 0 saturated carbocycles. The van der Waals surface area contributed by atoms with Crippen LogP contribution in [0.1, 0.15) is 6.92 Å². The van der Waals surface area contributed by atoms with E-state index >= 15 is 0 Å². The molecule has 0 aromatic rings. The molecule has 1 aliphatic heterocycles. The Morgan fingerprint density at radius 1 is 1.46 bits per heavy atom. The van der Waals surface area contributed by atoms with E-state index in [1.165, 1.54) is 0 Å². The minimum Gasteiger partial charge on any atom is -0.359 e. The van der Waals surface area contributed by atoms with Crippen molar-refractivity contribution in [2.45, 2.75) is 6.92 Å². The Morgan fingerprint density at radius 2 is 2.08 bits per heavy atom. The van der Waals surface area contributed by atoms with Gasteiger partial charge >= 0.3 is 0 Å². The summed E-state index contributed by atoms with van der Waals surface area (Å²) in [6.07, 6.45) is 0. The molecule has 0 aromatic carbocycles. The van der Waals surface area contributed by atoms with E-state index in [-0.39, 0.29) is 17.7 Å². The van der Waals surface area contributed by atoms with E-state index in [0.29, 0.717) is 13.1 Å². The average molecular weight is 180 g/mol. The highest BCUT2D eigenvalue weighted by Crippen LogP contribution is 2.14. The summed E-state index contributed by atoms with van der Waals surface area (Å²) in [7, 11) is 1.60. The number of hydrogen-bond acceptors (Lipinski definition) is 2. The number of hydrogen-bond donors (Lipinski definition) is 1. The summed E-state index contributed by atoms with van der Waals surface area (Å²) in [6, 6.07) is 0. The van der Waals surface area contributed by atoms with E-state index < -0.39 is 0 Å². The van der Waals surface area contributed by atoms with Gasteiger partial charge in [0.15, 0.2) is 0 Å². The van der Waals surface area contributed by atoms with Gasteiger partial charge < -0.3 is 10.2 Å². The highest BCUT2D eigenvalue weighted by Gasteiger charge is 2.34. The van der Waals surface area contributed by atoms with Crippen molar-refractivity contribution in [2.75, 3.05) is 20.1 Å². The molecule has 13 heavy (non-hydrogen) atoms. The van der Waals surface area contributed by atoms with Gasteiger partial charge in [-0.2, -0.15) is 0 Å². The minimum absolute atomic E-state index is 0.00601. The molecular weight excluding hydrogens is 168 g/mol. The lowest BCUT2D eigenvalue weighted by atomic mass is 9.99. The van der Waals surface area contributed by atoms with Crippen LogP contribution >= 0.6 is 0 Å². The molecule has 2 amide bonds. The van der Waals surface area contributed by atoms with E-state index in [0.717, 1.165) is 0 Å². The Labute approximate surface area is 77.3 Å². The molecule has 0 radical (unpaired) electrons. The summed E-state index contributed by atoms with van der Waals surface area (Å²) < 4.78 is 0. The van der Waals surface area contributed by atoms with E-state index in [4.69, 9.17) is 0 Å². The first kappa shape index (κ1) is 9.59. The van der Waals surface area contributed by atoms with Gasteiger partial charge in [0.05, 0.1) is 5.92 Å². The number of rotatable bonds is 1. The first-order valence-corrected chi connectivity index (χ1v) is 4.12. The summed E-state index contributed by atoms with van der Waals surface area (Å²) >= 11 is 0. The molecular formula is C9H12N2O2. The maximum Gasteiger partial charge on any atom is 0.298 e. The fraction of sp³-hybridized carbons (Fsp3) is 0.556. The highest BCUT2D eigenvalue weighted by atomic mass is 16.2. The Kier molecular flexibility index (Phi) is 2.91. The van der Waals surface area contributed by atoms with Gasteiger partial charge in [0.25, 0.3) is 5.91 Å². The van der Waals surface area contributed by atoms with Gasteiger partial charge in [-0.3, -0.25) is 9.59 Å². The fourth-order valence-corrected chi connectivity index (χ4v) is 1.20. The predicted octanol–water partition coefficient (Wildman–Crippen LogP) is -0.786. The largest absolute Gasteiger partial charge is 0.359 e. The standard InChI is InChI=1S/C9H12N2O2/c1-3-4-8(12)11-5-7(6-11)9(13)10-2/h7H,5-6H2,1-2H3,(H,10,13). The molecule has 0 spiro atoms. The zero-order chi connectivity index (χ0) is 9.84. The van der Waals surface area contributed by atoms with Crippen LogP contribution in [0.2, 0.25) is 0 Å². The predicted molar refractivity (Wildman–Crippen MR) is 47.6 cm³/mol. The topological polar surface area (TPSA) is 49.4 Å². The van der Waals surface area contributed by atoms with Crippen LogP contribution < -0.4 is 5.32 Å². The molecule has 70 valence electrons. The van der Waals surface area contributed by atoms with Crippen molar-refractivity contribution in [3.8, 4) is 11.8 Å². The molecule has 0 bridgehead atoms. The fourth-order valence-electron chi connectivity index (χ4n) is 1.20. The Balaban J connectivity index is 2.36. The Hall–Kier alpha value is -1.50. The molecule has 1 rings (SSSR count). The van der Waals surface area contributed by atoms with E-state index in [1.54, 1.807) is 18.9 Å². The number of nitrogens with one attached hydrogen (secondary N) is 1. The van der Waals surface area contributed by atoms with Crippen LogP contribution in [-0.2, 0) is 9.59 Å².